The van der Waals surface area contributed by atoms with E-state index in [1.165, 1.54) is 0 Å². The zero-order chi connectivity index (χ0) is 11.4. The molecule has 0 unspecified atom stereocenters. The van der Waals surface area contributed by atoms with Gasteiger partial charge in [-0.25, -0.2) is 0 Å². The second kappa shape index (κ2) is 4.91. The first-order valence-electron chi connectivity index (χ1n) is 5.05. The molecule has 0 saturated carbocycles. The Labute approximate surface area is 89.8 Å². The topological polar surface area (TPSA) is 43.4 Å². The Kier molecular flexibility index (Phi) is 3.83. The van der Waals surface area contributed by atoms with Crippen molar-refractivity contribution < 1.29 is 14.3 Å². The van der Waals surface area contributed by atoms with Gasteiger partial charge in [0.25, 0.3) is 0 Å². The first-order valence-corrected chi connectivity index (χ1v) is 5.05. The van der Waals surface area contributed by atoms with Gasteiger partial charge in [0.15, 0.2) is 0 Å². The highest BCUT2D eigenvalue weighted by Gasteiger charge is 2.31. The molecule has 1 heterocycles. The Morgan fingerprint density at radius 2 is 2.13 bits per heavy atom. The predicted octanol–water partition coefficient (Wildman–Crippen LogP) is 2.38. The first kappa shape index (κ1) is 11.7. The molecule has 0 aliphatic carbocycles. The standard InChI is InChI=1S/C12H16O3/c1-8(2)4-5-9(3)6-10-7-11(13)15-12(10)14/h6,10H,1,4-5,7H2,2-3H3/b9-6-/t10-/m0/s1. The lowest BCUT2D eigenvalue weighted by molar-refractivity contribution is -0.152. The number of rotatable bonds is 4. The maximum absolute atomic E-state index is 11.2. The zero-order valence-corrected chi connectivity index (χ0v) is 9.21. The first-order chi connectivity index (χ1) is 6.99. The number of cyclic esters (lactones) is 2. The van der Waals surface area contributed by atoms with E-state index >= 15 is 0 Å². The van der Waals surface area contributed by atoms with Gasteiger partial charge in [0.1, 0.15) is 0 Å². The van der Waals surface area contributed by atoms with E-state index in [9.17, 15) is 9.59 Å². The van der Waals surface area contributed by atoms with Gasteiger partial charge in [0, 0.05) is 0 Å². The third kappa shape index (κ3) is 3.70. The van der Waals surface area contributed by atoms with Crippen molar-refractivity contribution in [3.63, 3.8) is 0 Å². The maximum Gasteiger partial charge on any atom is 0.321 e. The highest BCUT2D eigenvalue weighted by atomic mass is 16.6. The average molecular weight is 208 g/mol. The summed E-state index contributed by atoms with van der Waals surface area (Å²) in [5.74, 6) is -1.22. The van der Waals surface area contributed by atoms with Crippen LogP contribution < -0.4 is 0 Å². The smallest absolute Gasteiger partial charge is 0.321 e. The molecule has 0 aromatic heterocycles. The Morgan fingerprint density at radius 3 is 2.60 bits per heavy atom. The van der Waals surface area contributed by atoms with Crippen molar-refractivity contribution >= 4 is 11.9 Å². The molecule has 1 aliphatic rings. The third-order valence-corrected chi connectivity index (χ3v) is 2.34. The number of esters is 2. The molecular formula is C12H16O3. The van der Waals surface area contributed by atoms with Crippen LogP contribution >= 0.6 is 0 Å². The predicted molar refractivity (Wildman–Crippen MR) is 57.0 cm³/mol. The number of allylic oxidation sites excluding steroid dienone is 2. The molecule has 15 heavy (non-hydrogen) atoms. The van der Waals surface area contributed by atoms with Crippen molar-refractivity contribution in [3.05, 3.63) is 23.8 Å². The van der Waals surface area contributed by atoms with Crippen molar-refractivity contribution in [1.82, 2.24) is 0 Å². The van der Waals surface area contributed by atoms with Crippen LogP contribution in [0.15, 0.2) is 23.8 Å². The highest BCUT2D eigenvalue weighted by Crippen LogP contribution is 2.20. The van der Waals surface area contributed by atoms with Gasteiger partial charge < -0.3 is 4.74 Å². The lowest BCUT2D eigenvalue weighted by Gasteiger charge is -2.03. The van der Waals surface area contributed by atoms with Crippen molar-refractivity contribution in [2.75, 3.05) is 0 Å². The summed E-state index contributed by atoms with van der Waals surface area (Å²) in [6.45, 7) is 7.74. The van der Waals surface area contributed by atoms with Gasteiger partial charge in [-0.05, 0) is 26.7 Å². The van der Waals surface area contributed by atoms with Crippen LogP contribution in [-0.4, -0.2) is 11.9 Å². The van der Waals surface area contributed by atoms with Gasteiger partial charge in [-0.3, -0.25) is 9.59 Å². The molecule has 1 saturated heterocycles. The fourth-order valence-corrected chi connectivity index (χ4v) is 1.46. The molecule has 1 rings (SSSR count). The Bertz CT molecular complexity index is 326. The molecule has 3 nitrogen and oxygen atoms in total. The summed E-state index contributed by atoms with van der Waals surface area (Å²) in [6.07, 6.45) is 3.81. The molecule has 1 atom stereocenters. The number of hydrogen-bond donors (Lipinski definition) is 0. The van der Waals surface area contributed by atoms with Crippen LogP contribution in [0.5, 0.6) is 0 Å². The van der Waals surface area contributed by atoms with Gasteiger partial charge >= 0.3 is 11.9 Å². The van der Waals surface area contributed by atoms with E-state index in [1.54, 1.807) is 0 Å². The van der Waals surface area contributed by atoms with E-state index in [-0.39, 0.29) is 12.3 Å². The highest BCUT2D eigenvalue weighted by molar-refractivity contribution is 5.95. The van der Waals surface area contributed by atoms with Crippen LogP contribution in [-0.2, 0) is 14.3 Å². The molecule has 82 valence electrons. The molecule has 0 radical (unpaired) electrons. The van der Waals surface area contributed by atoms with Crippen molar-refractivity contribution in [1.29, 1.82) is 0 Å². The van der Waals surface area contributed by atoms with E-state index in [0.29, 0.717) is 0 Å². The second-order valence-corrected chi connectivity index (χ2v) is 4.07. The van der Waals surface area contributed by atoms with E-state index in [4.69, 9.17) is 0 Å². The van der Waals surface area contributed by atoms with E-state index in [0.717, 1.165) is 24.0 Å². The summed E-state index contributed by atoms with van der Waals surface area (Å²) in [6, 6.07) is 0. The summed E-state index contributed by atoms with van der Waals surface area (Å²) in [4.78, 5) is 22.0. The molecule has 0 spiro atoms. The van der Waals surface area contributed by atoms with Gasteiger partial charge in [0.2, 0.25) is 0 Å². The summed E-state index contributed by atoms with van der Waals surface area (Å²) in [7, 11) is 0. The Morgan fingerprint density at radius 1 is 1.47 bits per heavy atom. The number of hydrogen-bond acceptors (Lipinski definition) is 3. The molecule has 1 aliphatic heterocycles. The van der Waals surface area contributed by atoms with Crippen molar-refractivity contribution in [2.24, 2.45) is 5.92 Å². The summed E-state index contributed by atoms with van der Waals surface area (Å²) >= 11 is 0. The molecule has 0 aromatic carbocycles. The molecule has 0 amide bonds. The molecule has 3 heteroatoms. The van der Waals surface area contributed by atoms with Crippen LogP contribution in [0.3, 0.4) is 0 Å². The van der Waals surface area contributed by atoms with Gasteiger partial charge in [-0.1, -0.05) is 17.2 Å². The largest absolute Gasteiger partial charge is 0.393 e. The number of carbonyl (C=O) groups is 2. The maximum atomic E-state index is 11.2. The minimum absolute atomic E-state index is 0.184. The van der Waals surface area contributed by atoms with Gasteiger partial charge in [-0.15, -0.1) is 6.58 Å². The molecule has 0 bridgehead atoms. The van der Waals surface area contributed by atoms with E-state index in [1.807, 2.05) is 19.9 Å². The number of ether oxygens (including phenoxy) is 1. The van der Waals surface area contributed by atoms with Crippen molar-refractivity contribution in [2.45, 2.75) is 33.1 Å². The van der Waals surface area contributed by atoms with Crippen molar-refractivity contribution in [3.8, 4) is 0 Å². The monoisotopic (exact) mass is 208 g/mol. The van der Waals surface area contributed by atoms with Gasteiger partial charge in [-0.2, -0.15) is 0 Å². The zero-order valence-electron chi connectivity index (χ0n) is 9.21. The Hall–Kier alpha value is -1.38. The summed E-state index contributed by atoms with van der Waals surface area (Å²) in [5, 5.41) is 0. The van der Waals surface area contributed by atoms with Crippen LogP contribution in [0, 0.1) is 5.92 Å². The molecule has 0 aromatic rings. The second-order valence-electron chi connectivity index (χ2n) is 4.07. The third-order valence-electron chi connectivity index (χ3n) is 2.34. The molecular weight excluding hydrogens is 192 g/mol. The minimum atomic E-state index is -0.422. The SMILES string of the molecule is C=C(C)CC/C(C)=C\[C@H]1CC(=O)OC1=O. The summed E-state index contributed by atoms with van der Waals surface area (Å²) < 4.78 is 4.46. The fourth-order valence-electron chi connectivity index (χ4n) is 1.46. The average Bonchev–Trinajstić information content (AvgIpc) is 2.42. The van der Waals surface area contributed by atoms with E-state index in [2.05, 4.69) is 11.3 Å². The van der Waals surface area contributed by atoms with Crippen LogP contribution in [0.25, 0.3) is 0 Å². The van der Waals surface area contributed by atoms with Crippen LogP contribution in [0.4, 0.5) is 0 Å². The van der Waals surface area contributed by atoms with Crippen LogP contribution in [0.1, 0.15) is 33.1 Å². The quantitative estimate of drug-likeness (QED) is 0.404. The lowest BCUT2D eigenvalue weighted by Crippen LogP contribution is -2.04. The minimum Gasteiger partial charge on any atom is -0.393 e. The molecule has 0 N–H and O–H groups in total. The molecule has 1 fully saturated rings. The fraction of sp³-hybridized carbons (Fsp3) is 0.500. The summed E-state index contributed by atoms with van der Waals surface area (Å²) in [5.41, 5.74) is 2.22. The number of carbonyl (C=O) groups excluding carboxylic acids is 2. The normalized spacial score (nSPS) is 21.7. The van der Waals surface area contributed by atoms with Crippen LogP contribution in [0.2, 0.25) is 0 Å². The van der Waals surface area contributed by atoms with Gasteiger partial charge in [0.05, 0.1) is 12.3 Å². The Balaban J connectivity index is 2.51. The lowest BCUT2D eigenvalue weighted by atomic mass is 10.0. The van der Waals surface area contributed by atoms with E-state index < -0.39 is 11.9 Å².